The molecule has 0 bridgehead atoms. The lowest BCUT2D eigenvalue weighted by Crippen LogP contribution is -2.35. The molecule has 0 atom stereocenters. The topological polar surface area (TPSA) is 98.7 Å². The lowest BCUT2D eigenvalue weighted by atomic mass is 10.0. The van der Waals surface area contributed by atoms with Gasteiger partial charge in [0.1, 0.15) is 10.6 Å². The molecule has 4 aromatic rings. The van der Waals surface area contributed by atoms with Crippen molar-refractivity contribution in [3.05, 3.63) is 58.7 Å². The van der Waals surface area contributed by atoms with Gasteiger partial charge >= 0.3 is 6.09 Å². The Morgan fingerprint density at radius 2 is 2.03 bits per heavy atom. The fraction of sp³-hybridized carbons (Fsp3) is 0.280. The number of pyridine rings is 1. The summed E-state index contributed by atoms with van der Waals surface area (Å²) in [6.07, 6.45) is 3.92. The molecule has 0 spiro atoms. The monoisotopic (exact) mass is 489 g/mol. The molecule has 2 aliphatic rings. The second-order valence-corrected chi connectivity index (χ2v) is 9.31. The summed E-state index contributed by atoms with van der Waals surface area (Å²) >= 11 is 1.61. The number of ether oxygens (including phenoxy) is 3. The number of nitrogens with zero attached hydrogens (tertiary/aromatic N) is 4. The molecule has 1 aromatic carbocycles. The Balaban J connectivity index is 1.37. The number of anilines is 1. The third-order valence-corrected chi connectivity index (χ3v) is 7.17. The lowest BCUT2D eigenvalue weighted by molar-refractivity contribution is 0.103. The lowest BCUT2D eigenvalue weighted by Gasteiger charge is -2.26. The molecule has 35 heavy (non-hydrogen) atoms. The number of aromatic nitrogens is 3. The minimum atomic E-state index is -0.277. The van der Waals surface area contributed by atoms with E-state index in [1.807, 2.05) is 37.3 Å². The van der Waals surface area contributed by atoms with Gasteiger partial charge in [-0.1, -0.05) is 6.07 Å². The third kappa shape index (κ3) is 4.10. The molecule has 0 fully saturated rings. The molecule has 0 saturated heterocycles. The number of hydrogen-bond donors (Lipinski definition) is 1. The maximum Gasteiger partial charge on any atom is 0.410 e. The summed E-state index contributed by atoms with van der Waals surface area (Å²) in [6, 6.07) is 9.73. The smallest absolute Gasteiger partial charge is 0.410 e. The standard InChI is InChI=1S/C25H23N5O4S/c1-2-32-25(31)30-10-7-17-20(13-30)35-24-21(17)23(28-22(29-24)16-5-8-26-9-6-16)27-12-15-3-4-18-19(11-15)34-14-33-18/h3-6,8-9,11H,2,7,10,12-14H2,1H3,(H,27,28,29). The minimum Gasteiger partial charge on any atom is -0.454 e. The fourth-order valence-electron chi connectivity index (χ4n) is 4.36. The van der Waals surface area contributed by atoms with Crippen LogP contribution in [0.5, 0.6) is 11.5 Å². The second kappa shape index (κ2) is 9.03. The molecule has 6 rings (SSSR count). The molecule has 0 unspecified atom stereocenters. The van der Waals surface area contributed by atoms with Gasteiger partial charge in [-0.2, -0.15) is 0 Å². The predicted octanol–water partition coefficient (Wildman–Crippen LogP) is 4.61. The molecule has 5 heterocycles. The third-order valence-electron chi connectivity index (χ3n) is 6.06. The van der Waals surface area contributed by atoms with Gasteiger partial charge in [-0.15, -0.1) is 11.3 Å². The molecule has 2 aliphatic heterocycles. The zero-order valence-electron chi connectivity index (χ0n) is 19.1. The van der Waals surface area contributed by atoms with Crippen molar-refractivity contribution in [3.8, 4) is 22.9 Å². The highest BCUT2D eigenvalue weighted by Gasteiger charge is 2.27. The highest BCUT2D eigenvalue weighted by Crippen LogP contribution is 2.39. The normalized spacial score (nSPS) is 14.1. The van der Waals surface area contributed by atoms with Crippen LogP contribution in [0.4, 0.5) is 10.6 Å². The van der Waals surface area contributed by atoms with Crippen LogP contribution in [0.2, 0.25) is 0 Å². The van der Waals surface area contributed by atoms with Crippen LogP contribution in [-0.2, 0) is 24.2 Å². The number of thiophene rings is 1. The Morgan fingerprint density at radius 1 is 1.17 bits per heavy atom. The molecule has 1 N–H and O–H groups in total. The molecule has 3 aromatic heterocycles. The largest absolute Gasteiger partial charge is 0.454 e. The van der Waals surface area contributed by atoms with Crippen molar-refractivity contribution in [2.45, 2.75) is 26.4 Å². The van der Waals surface area contributed by atoms with Crippen molar-refractivity contribution in [1.29, 1.82) is 0 Å². The fourth-order valence-corrected chi connectivity index (χ4v) is 5.60. The van der Waals surface area contributed by atoms with Gasteiger partial charge in [0.25, 0.3) is 0 Å². The van der Waals surface area contributed by atoms with Gasteiger partial charge in [-0.05, 0) is 48.7 Å². The molecule has 0 saturated carbocycles. The number of rotatable bonds is 5. The molecule has 178 valence electrons. The van der Waals surface area contributed by atoms with Crippen molar-refractivity contribution < 1.29 is 19.0 Å². The molecule has 10 heteroatoms. The highest BCUT2D eigenvalue weighted by atomic mass is 32.1. The van der Waals surface area contributed by atoms with Gasteiger partial charge in [0.15, 0.2) is 17.3 Å². The molecular weight excluding hydrogens is 466 g/mol. The van der Waals surface area contributed by atoms with Crippen LogP contribution in [-0.4, -0.2) is 45.9 Å². The van der Waals surface area contributed by atoms with Crippen LogP contribution in [0.15, 0.2) is 42.7 Å². The Hall–Kier alpha value is -3.92. The number of carbonyl (C=O) groups is 1. The van der Waals surface area contributed by atoms with Gasteiger partial charge < -0.3 is 24.4 Å². The van der Waals surface area contributed by atoms with Gasteiger partial charge in [0, 0.05) is 35.9 Å². The quantitative estimate of drug-likeness (QED) is 0.434. The predicted molar refractivity (Wildman–Crippen MR) is 132 cm³/mol. The Labute approximate surface area is 205 Å². The summed E-state index contributed by atoms with van der Waals surface area (Å²) in [6.45, 7) is 4.12. The van der Waals surface area contributed by atoms with Gasteiger partial charge in [0.05, 0.1) is 18.5 Å². The van der Waals surface area contributed by atoms with E-state index in [1.54, 1.807) is 28.6 Å². The molecule has 0 aliphatic carbocycles. The molecule has 0 radical (unpaired) electrons. The number of fused-ring (bicyclic) bond motifs is 4. The van der Waals surface area contributed by atoms with E-state index in [2.05, 4.69) is 10.3 Å². The van der Waals surface area contributed by atoms with Crippen LogP contribution < -0.4 is 14.8 Å². The van der Waals surface area contributed by atoms with E-state index in [0.29, 0.717) is 32.1 Å². The zero-order valence-corrected chi connectivity index (χ0v) is 19.9. The molecule has 9 nitrogen and oxygen atoms in total. The number of carbonyl (C=O) groups excluding carboxylic acids is 1. The van der Waals surface area contributed by atoms with Crippen LogP contribution in [0.25, 0.3) is 21.6 Å². The number of benzene rings is 1. The van der Waals surface area contributed by atoms with Gasteiger partial charge in [-0.25, -0.2) is 14.8 Å². The van der Waals surface area contributed by atoms with Crippen molar-refractivity contribution in [2.75, 3.05) is 25.3 Å². The van der Waals surface area contributed by atoms with Crippen molar-refractivity contribution in [1.82, 2.24) is 19.9 Å². The van der Waals surface area contributed by atoms with Crippen molar-refractivity contribution in [2.24, 2.45) is 0 Å². The molecular formula is C25H23N5O4S. The van der Waals surface area contributed by atoms with Crippen molar-refractivity contribution >= 4 is 33.5 Å². The average molecular weight is 490 g/mol. The Kier molecular flexibility index (Phi) is 5.57. The summed E-state index contributed by atoms with van der Waals surface area (Å²) in [4.78, 5) is 30.0. The van der Waals surface area contributed by atoms with E-state index >= 15 is 0 Å². The van der Waals surface area contributed by atoms with Crippen molar-refractivity contribution in [3.63, 3.8) is 0 Å². The first-order valence-corrected chi connectivity index (χ1v) is 12.3. The maximum absolute atomic E-state index is 12.3. The first kappa shape index (κ1) is 21.6. The number of hydrogen-bond acceptors (Lipinski definition) is 9. The van der Waals surface area contributed by atoms with E-state index in [-0.39, 0.29) is 12.9 Å². The van der Waals surface area contributed by atoms with E-state index in [1.165, 1.54) is 5.56 Å². The zero-order chi connectivity index (χ0) is 23.8. The SMILES string of the molecule is CCOC(=O)N1CCc2c(sc3nc(-c4ccncc4)nc(NCc4ccc5c(c4)OCO5)c23)C1. The van der Waals surface area contributed by atoms with Crippen LogP contribution in [0, 0.1) is 0 Å². The van der Waals surface area contributed by atoms with E-state index in [9.17, 15) is 4.79 Å². The number of amides is 1. The number of nitrogens with one attached hydrogen (secondary N) is 1. The van der Waals surface area contributed by atoms with E-state index < -0.39 is 0 Å². The molecule has 1 amide bonds. The van der Waals surface area contributed by atoms with Gasteiger partial charge in [-0.3, -0.25) is 4.98 Å². The summed E-state index contributed by atoms with van der Waals surface area (Å²) in [5.41, 5.74) is 3.15. The first-order valence-electron chi connectivity index (χ1n) is 11.5. The summed E-state index contributed by atoms with van der Waals surface area (Å²) < 4.78 is 16.2. The first-order chi connectivity index (χ1) is 17.2. The maximum atomic E-state index is 12.3. The Morgan fingerprint density at radius 3 is 2.89 bits per heavy atom. The minimum absolute atomic E-state index is 0.248. The van der Waals surface area contributed by atoms with Crippen LogP contribution >= 0.6 is 11.3 Å². The average Bonchev–Trinajstić information content (AvgIpc) is 3.51. The van der Waals surface area contributed by atoms with E-state index in [0.717, 1.165) is 50.0 Å². The van der Waals surface area contributed by atoms with Gasteiger partial charge in [0.2, 0.25) is 6.79 Å². The highest BCUT2D eigenvalue weighted by molar-refractivity contribution is 7.19. The van der Waals surface area contributed by atoms with E-state index in [4.69, 9.17) is 24.2 Å². The summed E-state index contributed by atoms with van der Waals surface area (Å²) in [5, 5.41) is 4.55. The summed E-state index contributed by atoms with van der Waals surface area (Å²) in [7, 11) is 0. The van der Waals surface area contributed by atoms with Crippen LogP contribution in [0.1, 0.15) is 22.9 Å². The van der Waals surface area contributed by atoms with Crippen LogP contribution in [0.3, 0.4) is 0 Å². The Bertz CT molecular complexity index is 1410. The summed E-state index contributed by atoms with van der Waals surface area (Å²) in [5.74, 6) is 2.92. The second-order valence-electron chi connectivity index (χ2n) is 8.23.